The zero-order chi connectivity index (χ0) is 13.7. The quantitative estimate of drug-likeness (QED) is 0.730. The van der Waals surface area contributed by atoms with Gasteiger partial charge >= 0.3 is 0 Å². The fourth-order valence-corrected chi connectivity index (χ4v) is 1.52. The van der Waals surface area contributed by atoms with E-state index in [4.69, 9.17) is 5.11 Å². The molecule has 0 heterocycles. The van der Waals surface area contributed by atoms with Crippen molar-refractivity contribution in [3.63, 3.8) is 0 Å². The van der Waals surface area contributed by atoms with Gasteiger partial charge in [-0.1, -0.05) is 12.1 Å². The molecule has 1 rings (SSSR count). The molecule has 1 aromatic carbocycles. The van der Waals surface area contributed by atoms with Gasteiger partial charge in [0.15, 0.2) is 5.78 Å². The number of aromatic hydroxyl groups is 1. The molecule has 18 heavy (non-hydrogen) atoms. The van der Waals surface area contributed by atoms with Crippen molar-refractivity contribution >= 4 is 11.8 Å². The third-order valence-corrected chi connectivity index (χ3v) is 2.25. The number of carbonyl (C=O) groups excluding carboxylic acids is 2. The number of carboxylic acid groups (broad SMARTS) is 1. The van der Waals surface area contributed by atoms with Crippen molar-refractivity contribution in [2.75, 3.05) is 0 Å². The predicted molar refractivity (Wildman–Crippen MR) is 63.4 cm³/mol. The number of nitrogens with one attached hydrogen (secondary N) is 1. The summed E-state index contributed by atoms with van der Waals surface area (Å²) in [5.74, 6) is -1.44. The van der Waals surface area contributed by atoms with Gasteiger partial charge in [-0.25, -0.2) is 0 Å². The average Bonchev–Trinajstić information content (AvgIpc) is 2.26. The molecule has 2 N–H and O–H groups in total. The second-order valence-electron chi connectivity index (χ2n) is 3.93. The van der Waals surface area contributed by atoms with Crippen LogP contribution < -0.4 is 10.4 Å². The van der Waals surface area contributed by atoms with Crippen LogP contribution in [0.1, 0.15) is 25.5 Å². The molecule has 1 unspecified atom stereocenters. The highest BCUT2D eigenvalue weighted by atomic mass is 16.4. The Hall–Kier alpha value is -2.30. The van der Waals surface area contributed by atoms with Crippen LogP contribution in [0.4, 0.5) is 0 Å². The molecule has 0 saturated heterocycles. The van der Waals surface area contributed by atoms with Crippen molar-refractivity contribution in [2.45, 2.75) is 19.9 Å². The van der Waals surface area contributed by atoms with E-state index in [2.05, 4.69) is 5.32 Å². The smallest absolute Gasteiger partial charge is 0.154 e. The summed E-state index contributed by atoms with van der Waals surface area (Å²) in [7, 11) is 0. The molecule has 0 aliphatic carbocycles. The monoisotopic (exact) mass is 248 g/mol. The van der Waals surface area contributed by atoms with Crippen LogP contribution in [0.2, 0.25) is 0 Å². The minimum absolute atomic E-state index is 0.0480. The average molecular weight is 248 g/mol. The number of rotatable bonds is 5. The Balaban J connectivity index is 2.94. The van der Waals surface area contributed by atoms with Crippen molar-refractivity contribution in [1.82, 2.24) is 5.32 Å². The van der Waals surface area contributed by atoms with E-state index in [0.29, 0.717) is 11.3 Å². The molecule has 1 atom stereocenters. The number of aliphatic carboxylic acids is 1. The second kappa shape index (κ2) is 5.86. The first kappa shape index (κ1) is 13.8. The maximum absolute atomic E-state index is 11.1. The van der Waals surface area contributed by atoms with Gasteiger partial charge in [0.2, 0.25) is 0 Å². The van der Waals surface area contributed by atoms with Crippen molar-refractivity contribution in [3.05, 3.63) is 41.6 Å². The summed E-state index contributed by atoms with van der Waals surface area (Å²) in [5, 5.41) is 22.9. The highest BCUT2D eigenvalue weighted by Gasteiger charge is 2.12. The molecule has 0 saturated carbocycles. The maximum atomic E-state index is 11.1. The largest absolute Gasteiger partial charge is 0.548 e. The number of carboxylic acids is 1. The van der Waals surface area contributed by atoms with Crippen LogP contribution in [-0.4, -0.2) is 16.9 Å². The lowest BCUT2D eigenvalue weighted by molar-refractivity contribution is -0.308. The van der Waals surface area contributed by atoms with E-state index in [1.54, 1.807) is 6.92 Å². The molecule has 0 aliphatic rings. The summed E-state index contributed by atoms with van der Waals surface area (Å²) in [4.78, 5) is 21.9. The normalized spacial score (nSPS) is 12.9. The Labute approximate surface area is 105 Å². The summed E-state index contributed by atoms with van der Waals surface area (Å²) in [6.45, 7) is 2.97. The van der Waals surface area contributed by atoms with Gasteiger partial charge in [0, 0.05) is 5.70 Å². The molecule has 0 amide bonds. The molecule has 5 nitrogen and oxygen atoms in total. The summed E-state index contributed by atoms with van der Waals surface area (Å²) in [6, 6.07) is 4.66. The second-order valence-corrected chi connectivity index (χ2v) is 3.93. The fraction of sp³-hybridized carbons (Fsp3) is 0.231. The Morgan fingerprint density at radius 2 is 1.83 bits per heavy atom. The van der Waals surface area contributed by atoms with Crippen LogP contribution in [-0.2, 0) is 9.59 Å². The number of hydrogen-bond acceptors (Lipinski definition) is 5. The van der Waals surface area contributed by atoms with Crippen molar-refractivity contribution in [1.29, 1.82) is 0 Å². The Morgan fingerprint density at radius 1 is 1.28 bits per heavy atom. The van der Waals surface area contributed by atoms with E-state index in [1.807, 2.05) is 0 Å². The summed E-state index contributed by atoms with van der Waals surface area (Å²) in [5.41, 5.74) is 0.869. The third-order valence-electron chi connectivity index (χ3n) is 2.25. The molecule has 0 aromatic heterocycles. The van der Waals surface area contributed by atoms with Crippen molar-refractivity contribution in [2.24, 2.45) is 0 Å². The SMILES string of the molecule is CC(=O)/C=C(\C)NC(C(=O)[O-])c1ccc(O)cc1. The molecule has 0 bridgehead atoms. The van der Waals surface area contributed by atoms with Crippen LogP contribution in [0.3, 0.4) is 0 Å². The molecule has 0 aliphatic heterocycles. The minimum atomic E-state index is -1.31. The van der Waals surface area contributed by atoms with Gasteiger partial charge in [-0.15, -0.1) is 0 Å². The highest BCUT2D eigenvalue weighted by molar-refractivity contribution is 5.88. The Morgan fingerprint density at radius 3 is 2.28 bits per heavy atom. The Kier molecular flexibility index (Phi) is 4.48. The van der Waals surface area contributed by atoms with Crippen LogP contribution in [0.15, 0.2) is 36.0 Å². The van der Waals surface area contributed by atoms with Crippen molar-refractivity contribution < 1.29 is 19.8 Å². The van der Waals surface area contributed by atoms with Crippen LogP contribution >= 0.6 is 0 Å². The van der Waals surface area contributed by atoms with Crippen molar-refractivity contribution in [3.8, 4) is 5.75 Å². The first-order chi connectivity index (χ1) is 8.40. The summed E-state index contributed by atoms with van der Waals surface area (Å²) >= 11 is 0. The zero-order valence-corrected chi connectivity index (χ0v) is 10.1. The summed E-state index contributed by atoms with van der Waals surface area (Å²) < 4.78 is 0. The zero-order valence-electron chi connectivity index (χ0n) is 10.1. The number of phenolic OH excluding ortho intramolecular Hbond substituents is 1. The predicted octanol–water partition coefficient (Wildman–Crippen LogP) is 0.266. The van der Waals surface area contributed by atoms with Gasteiger partial charge in [-0.05, 0) is 37.6 Å². The number of allylic oxidation sites excluding steroid dienone is 2. The molecule has 5 heteroatoms. The maximum Gasteiger partial charge on any atom is 0.154 e. The van der Waals surface area contributed by atoms with Crippen LogP contribution in [0, 0.1) is 0 Å². The molecule has 1 aromatic rings. The highest BCUT2D eigenvalue weighted by Crippen LogP contribution is 2.17. The van der Waals surface area contributed by atoms with Gasteiger partial charge in [0.05, 0.1) is 12.0 Å². The molecule has 0 spiro atoms. The topological polar surface area (TPSA) is 89.5 Å². The van der Waals surface area contributed by atoms with Gasteiger partial charge in [-0.2, -0.15) is 0 Å². The van der Waals surface area contributed by atoms with Gasteiger partial charge in [-0.3, -0.25) is 4.79 Å². The van der Waals surface area contributed by atoms with E-state index in [-0.39, 0.29) is 11.5 Å². The molecule has 96 valence electrons. The van der Waals surface area contributed by atoms with E-state index in [0.717, 1.165) is 0 Å². The molecule has 0 fully saturated rings. The van der Waals surface area contributed by atoms with Gasteiger partial charge in [0.25, 0.3) is 0 Å². The number of phenols is 1. The number of hydrogen-bond donors (Lipinski definition) is 2. The van der Waals surface area contributed by atoms with E-state index < -0.39 is 12.0 Å². The molecule has 0 radical (unpaired) electrons. The lowest BCUT2D eigenvalue weighted by Gasteiger charge is -2.21. The Bertz CT molecular complexity index is 476. The van der Waals surface area contributed by atoms with Crippen LogP contribution in [0.5, 0.6) is 5.75 Å². The van der Waals surface area contributed by atoms with Gasteiger partial charge in [0.1, 0.15) is 5.75 Å². The van der Waals surface area contributed by atoms with E-state index in [1.165, 1.54) is 37.3 Å². The molecular formula is C13H14NO4-. The minimum Gasteiger partial charge on any atom is -0.548 e. The molecular weight excluding hydrogens is 234 g/mol. The van der Waals surface area contributed by atoms with E-state index in [9.17, 15) is 14.7 Å². The lowest BCUT2D eigenvalue weighted by Crippen LogP contribution is -2.38. The lowest BCUT2D eigenvalue weighted by atomic mass is 10.1. The number of ketones is 1. The summed E-state index contributed by atoms with van der Waals surface area (Å²) in [6.07, 6.45) is 1.30. The fourth-order valence-electron chi connectivity index (χ4n) is 1.52. The number of carbonyl (C=O) groups is 2. The first-order valence-corrected chi connectivity index (χ1v) is 5.35. The third kappa shape index (κ3) is 3.93. The van der Waals surface area contributed by atoms with Crippen LogP contribution in [0.25, 0.3) is 0 Å². The first-order valence-electron chi connectivity index (χ1n) is 5.35. The van der Waals surface area contributed by atoms with Gasteiger partial charge < -0.3 is 20.3 Å². The standard InChI is InChI=1S/C13H15NO4/c1-8(7-9(2)15)14-12(13(17)18)10-3-5-11(16)6-4-10/h3-7,12,14,16H,1-2H3,(H,17,18)/p-1/b8-7+. The number of benzene rings is 1. The van der Waals surface area contributed by atoms with E-state index >= 15 is 0 Å².